The van der Waals surface area contributed by atoms with Crippen molar-refractivity contribution in [2.24, 2.45) is 10.4 Å². The van der Waals surface area contributed by atoms with Crippen molar-refractivity contribution in [1.82, 2.24) is 10.6 Å². The summed E-state index contributed by atoms with van der Waals surface area (Å²) in [6.07, 6.45) is 4.63. The smallest absolute Gasteiger partial charge is 0.191 e. The van der Waals surface area contributed by atoms with E-state index in [0.717, 1.165) is 31.7 Å². The number of methoxy groups -OCH3 is 1. The summed E-state index contributed by atoms with van der Waals surface area (Å²) >= 11 is 0. The maximum absolute atomic E-state index is 13.7. The monoisotopic (exact) mass is 467 g/mol. The van der Waals surface area contributed by atoms with Crippen molar-refractivity contribution in [2.45, 2.75) is 39.2 Å². The number of rotatable bonds is 8. The zero-order valence-electron chi connectivity index (χ0n) is 14.9. The molecular weight excluding hydrogens is 439 g/mol. The summed E-state index contributed by atoms with van der Waals surface area (Å²) in [7, 11) is 1.72. The molecule has 1 aromatic carbocycles. The van der Waals surface area contributed by atoms with Crippen LogP contribution in [0.25, 0.3) is 0 Å². The summed E-state index contributed by atoms with van der Waals surface area (Å²) in [5, 5.41) is 6.50. The topological polar surface area (TPSA) is 45.7 Å². The highest BCUT2D eigenvalue weighted by molar-refractivity contribution is 14.0. The van der Waals surface area contributed by atoms with Gasteiger partial charge in [-0.3, -0.25) is 0 Å². The Labute approximate surface area is 165 Å². The van der Waals surface area contributed by atoms with Crippen LogP contribution in [0.1, 0.15) is 38.2 Å². The minimum Gasteiger partial charge on any atom is -0.385 e. The van der Waals surface area contributed by atoms with E-state index in [-0.39, 0.29) is 41.5 Å². The van der Waals surface area contributed by atoms with Crippen LogP contribution in [0.4, 0.5) is 8.78 Å². The molecule has 25 heavy (non-hydrogen) atoms. The molecule has 0 radical (unpaired) electrons. The summed E-state index contributed by atoms with van der Waals surface area (Å²) in [4.78, 5) is 4.38. The minimum atomic E-state index is -0.451. The van der Waals surface area contributed by atoms with E-state index >= 15 is 0 Å². The van der Waals surface area contributed by atoms with Crippen molar-refractivity contribution in [3.63, 3.8) is 0 Å². The van der Waals surface area contributed by atoms with Crippen LogP contribution >= 0.6 is 24.0 Å². The van der Waals surface area contributed by atoms with Gasteiger partial charge in [0.2, 0.25) is 0 Å². The number of halogens is 3. The SMILES string of the molecule is CCNC(=NCc1cc(F)ccc1F)NCC1(CCOC)CCC1.I. The number of nitrogens with zero attached hydrogens (tertiary/aromatic N) is 1. The summed E-state index contributed by atoms with van der Waals surface area (Å²) in [5.74, 6) is -0.260. The Bertz CT molecular complexity index is 565. The molecule has 1 aliphatic carbocycles. The standard InChI is InChI=1S/C18H27F2N3O.HI/c1-3-21-17(22-12-14-11-15(19)5-6-16(14)20)23-13-18(7-4-8-18)9-10-24-2;/h5-6,11H,3-4,7-10,12-13H2,1-2H3,(H2,21,22,23);1H. The lowest BCUT2D eigenvalue weighted by Gasteiger charge is -2.42. The zero-order chi connectivity index (χ0) is 17.4. The van der Waals surface area contributed by atoms with Gasteiger partial charge in [0.15, 0.2) is 5.96 Å². The first-order valence-electron chi connectivity index (χ1n) is 8.53. The van der Waals surface area contributed by atoms with Crippen molar-refractivity contribution in [1.29, 1.82) is 0 Å². The number of hydrogen-bond acceptors (Lipinski definition) is 2. The average Bonchev–Trinajstić information content (AvgIpc) is 2.54. The first-order valence-corrected chi connectivity index (χ1v) is 8.53. The van der Waals surface area contributed by atoms with Crippen LogP contribution in [-0.4, -0.2) is 32.8 Å². The molecule has 0 aromatic heterocycles. The van der Waals surface area contributed by atoms with Gasteiger partial charge < -0.3 is 15.4 Å². The third-order valence-electron chi connectivity index (χ3n) is 4.64. The molecule has 2 rings (SSSR count). The normalized spacial score (nSPS) is 15.9. The van der Waals surface area contributed by atoms with Crippen LogP contribution in [-0.2, 0) is 11.3 Å². The van der Waals surface area contributed by atoms with Gasteiger partial charge in [-0.25, -0.2) is 13.8 Å². The molecule has 1 fully saturated rings. The van der Waals surface area contributed by atoms with E-state index in [1.54, 1.807) is 7.11 Å². The molecule has 0 bridgehead atoms. The summed E-state index contributed by atoms with van der Waals surface area (Å²) in [6.45, 7) is 4.36. The van der Waals surface area contributed by atoms with Gasteiger partial charge in [-0.1, -0.05) is 6.42 Å². The van der Waals surface area contributed by atoms with E-state index < -0.39 is 11.6 Å². The van der Waals surface area contributed by atoms with Gasteiger partial charge in [0.05, 0.1) is 6.54 Å². The van der Waals surface area contributed by atoms with Crippen molar-refractivity contribution >= 4 is 29.9 Å². The lowest BCUT2D eigenvalue weighted by molar-refractivity contribution is 0.0732. The maximum Gasteiger partial charge on any atom is 0.191 e. The number of guanidine groups is 1. The fourth-order valence-corrected chi connectivity index (χ4v) is 2.95. The van der Waals surface area contributed by atoms with Crippen LogP contribution in [0, 0.1) is 17.0 Å². The Balaban J connectivity index is 0.00000312. The van der Waals surface area contributed by atoms with Gasteiger partial charge in [-0.05, 0) is 49.8 Å². The number of hydrogen-bond donors (Lipinski definition) is 2. The number of aliphatic imine (C=N–C) groups is 1. The Morgan fingerprint density at radius 3 is 2.64 bits per heavy atom. The van der Waals surface area contributed by atoms with Crippen LogP contribution in [0.15, 0.2) is 23.2 Å². The van der Waals surface area contributed by atoms with Gasteiger partial charge in [0, 0.05) is 32.4 Å². The van der Waals surface area contributed by atoms with Gasteiger partial charge in [0.1, 0.15) is 11.6 Å². The largest absolute Gasteiger partial charge is 0.385 e. The molecule has 0 aliphatic heterocycles. The molecule has 0 atom stereocenters. The van der Waals surface area contributed by atoms with E-state index in [1.165, 1.54) is 25.3 Å². The molecule has 142 valence electrons. The third-order valence-corrected chi connectivity index (χ3v) is 4.64. The van der Waals surface area contributed by atoms with E-state index in [9.17, 15) is 8.78 Å². The highest BCUT2D eigenvalue weighted by Crippen LogP contribution is 2.43. The van der Waals surface area contributed by atoms with Crippen molar-refractivity contribution in [3.05, 3.63) is 35.4 Å². The molecule has 2 N–H and O–H groups in total. The van der Waals surface area contributed by atoms with Crippen LogP contribution in [0.3, 0.4) is 0 Å². The van der Waals surface area contributed by atoms with E-state index in [4.69, 9.17) is 4.74 Å². The predicted molar refractivity (Wildman–Crippen MR) is 107 cm³/mol. The molecular formula is C18H28F2IN3O. The van der Waals surface area contributed by atoms with E-state index in [0.29, 0.717) is 12.5 Å². The lowest BCUT2D eigenvalue weighted by atomic mass is 9.67. The Hall–Kier alpha value is -0.960. The molecule has 0 spiro atoms. The highest BCUT2D eigenvalue weighted by atomic mass is 127. The first kappa shape index (κ1) is 22.1. The Kier molecular flexibility index (Phi) is 9.63. The number of nitrogens with one attached hydrogen (secondary N) is 2. The third kappa shape index (κ3) is 6.69. The van der Waals surface area contributed by atoms with Gasteiger partial charge in [-0.2, -0.15) is 0 Å². The number of benzene rings is 1. The number of ether oxygens (including phenoxy) is 1. The molecule has 1 aliphatic rings. The molecule has 7 heteroatoms. The second-order valence-electron chi connectivity index (χ2n) is 6.38. The van der Waals surface area contributed by atoms with Gasteiger partial charge >= 0.3 is 0 Å². The fraction of sp³-hybridized carbons (Fsp3) is 0.611. The van der Waals surface area contributed by atoms with E-state index in [1.807, 2.05) is 6.92 Å². The van der Waals surface area contributed by atoms with Gasteiger partial charge in [0.25, 0.3) is 0 Å². The zero-order valence-corrected chi connectivity index (χ0v) is 17.2. The second-order valence-corrected chi connectivity index (χ2v) is 6.38. The van der Waals surface area contributed by atoms with Crippen molar-refractivity contribution in [2.75, 3.05) is 26.8 Å². The van der Waals surface area contributed by atoms with Crippen molar-refractivity contribution in [3.8, 4) is 0 Å². The molecule has 1 aromatic rings. The van der Waals surface area contributed by atoms with Crippen LogP contribution < -0.4 is 10.6 Å². The first-order chi connectivity index (χ1) is 11.6. The summed E-state index contributed by atoms with van der Waals surface area (Å²) < 4.78 is 32.1. The maximum atomic E-state index is 13.7. The molecule has 0 unspecified atom stereocenters. The second kappa shape index (κ2) is 10.9. The molecule has 0 amide bonds. The highest BCUT2D eigenvalue weighted by Gasteiger charge is 2.36. The van der Waals surface area contributed by atoms with Crippen LogP contribution in [0.2, 0.25) is 0 Å². The Morgan fingerprint density at radius 1 is 1.28 bits per heavy atom. The van der Waals surface area contributed by atoms with Crippen LogP contribution in [0.5, 0.6) is 0 Å². The fourth-order valence-electron chi connectivity index (χ4n) is 2.95. The van der Waals surface area contributed by atoms with Crippen molar-refractivity contribution < 1.29 is 13.5 Å². The minimum absolute atomic E-state index is 0. The average molecular weight is 467 g/mol. The molecule has 0 heterocycles. The summed E-state index contributed by atoms with van der Waals surface area (Å²) in [6, 6.07) is 3.44. The predicted octanol–water partition coefficient (Wildman–Crippen LogP) is 3.84. The van der Waals surface area contributed by atoms with E-state index in [2.05, 4.69) is 15.6 Å². The molecule has 4 nitrogen and oxygen atoms in total. The molecule has 1 saturated carbocycles. The lowest BCUT2D eigenvalue weighted by Crippen LogP contribution is -2.47. The summed E-state index contributed by atoms with van der Waals surface area (Å²) in [5.41, 5.74) is 0.515. The Morgan fingerprint density at radius 2 is 2.04 bits per heavy atom. The van der Waals surface area contributed by atoms with Gasteiger partial charge in [-0.15, -0.1) is 24.0 Å². The quantitative estimate of drug-likeness (QED) is 0.347. The molecule has 0 saturated heterocycles.